The first-order valence-electron chi connectivity index (χ1n) is 6.41. The SMILES string of the molecule is CN(Cc1ccccc1)CC(O)c1ccc(N)cc1. The molecule has 2 aromatic rings. The molecule has 3 nitrogen and oxygen atoms in total. The first-order valence-corrected chi connectivity index (χ1v) is 6.41. The van der Waals surface area contributed by atoms with Crippen LogP contribution in [0.4, 0.5) is 5.69 Å². The second kappa shape index (κ2) is 6.36. The fourth-order valence-corrected chi connectivity index (χ4v) is 2.08. The maximum atomic E-state index is 10.2. The third-order valence-electron chi connectivity index (χ3n) is 3.10. The van der Waals surface area contributed by atoms with Crippen molar-refractivity contribution in [2.24, 2.45) is 0 Å². The van der Waals surface area contributed by atoms with Gasteiger partial charge in [0.05, 0.1) is 6.10 Å². The summed E-state index contributed by atoms with van der Waals surface area (Å²) < 4.78 is 0. The van der Waals surface area contributed by atoms with E-state index >= 15 is 0 Å². The van der Waals surface area contributed by atoms with Gasteiger partial charge in [0.15, 0.2) is 0 Å². The Morgan fingerprint density at radius 3 is 2.32 bits per heavy atom. The van der Waals surface area contributed by atoms with E-state index in [1.165, 1.54) is 5.56 Å². The highest BCUT2D eigenvalue weighted by molar-refractivity contribution is 5.39. The summed E-state index contributed by atoms with van der Waals surface area (Å²) in [6, 6.07) is 17.6. The summed E-state index contributed by atoms with van der Waals surface area (Å²) >= 11 is 0. The largest absolute Gasteiger partial charge is 0.399 e. The Bertz CT molecular complexity index is 496. The minimum Gasteiger partial charge on any atom is -0.399 e. The van der Waals surface area contributed by atoms with Crippen LogP contribution >= 0.6 is 0 Å². The highest BCUT2D eigenvalue weighted by atomic mass is 16.3. The number of aliphatic hydroxyl groups excluding tert-OH is 1. The van der Waals surface area contributed by atoms with E-state index in [1.807, 2.05) is 49.5 Å². The highest BCUT2D eigenvalue weighted by Crippen LogP contribution is 2.16. The number of nitrogen functional groups attached to an aromatic ring is 1. The first-order chi connectivity index (χ1) is 9.15. The van der Waals surface area contributed by atoms with Crippen molar-refractivity contribution in [2.45, 2.75) is 12.6 Å². The van der Waals surface area contributed by atoms with Gasteiger partial charge in [-0.1, -0.05) is 42.5 Å². The van der Waals surface area contributed by atoms with Gasteiger partial charge in [0.1, 0.15) is 0 Å². The molecule has 0 saturated carbocycles. The van der Waals surface area contributed by atoms with Gasteiger partial charge in [-0.15, -0.1) is 0 Å². The summed E-state index contributed by atoms with van der Waals surface area (Å²) in [5.74, 6) is 0. The Kier molecular flexibility index (Phi) is 4.55. The number of nitrogens with zero attached hydrogens (tertiary/aromatic N) is 1. The van der Waals surface area contributed by atoms with Crippen molar-refractivity contribution in [1.29, 1.82) is 0 Å². The zero-order valence-electron chi connectivity index (χ0n) is 11.2. The molecule has 0 aliphatic heterocycles. The lowest BCUT2D eigenvalue weighted by Gasteiger charge is -2.21. The predicted octanol–water partition coefficient (Wildman–Crippen LogP) is 2.43. The van der Waals surface area contributed by atoms with Crippen LogP contribution in [-0.2, 0) is 6.54 Å². The summed E-state index contributed by atoms with van der Waals surface area (Å²) in [6.07, 6.45) is -0.491. The van der Waals surface area contributed by atoms with Crippen LogP contribution in [0.1, 0.15) is 17.2 Å². The Hall–Kier alpha value is -1.84. The van der Waals surface area contributed by atoms with Gasteiger partial charge in [-0.2, -0.15) is 0 Å². The van der Waals surface area contributed by atoms with Crippen molar-refractivity contribution in [3.05, 3.63) is 65.7 Å². The molecule has 0 bridgehead atoms. The number of benzene rings is 2. The number of anilines is 1. The van der Waals surface area contributed by atoms with Gasteiger partial charge < -0.3 is 10.8 Å². The number of likely N-dealkylation sites (N-methyl/N-ethyl adjacent to an activating group) is 1. The average Bonchev–Trinajstić information content (AvgIpc) is 2.40. The summed E-state index contributed by atoms with van der Waals surface area (Å²) in [5, 5.41) is 10.2. The van der Waals surface area contributed by atoms with Crippen LogP contribution < -0.4 is 5.73 Å². The second-order valence-corrected chi connectivity index (χ2v) is 4.86. The average molecular weight is 256 g/mol. The topological polar surface area (TPSA) is 49.5 Å². The van der Waals surface area contributed by atoms with Crippen LogP contribution in [0, 0.1) is 0 Å². The van der Waals surface area contributed by atoms with Crippen LogP contribution in [0.25, 0.3) is 0 Å². The monoisotopic (exact) mass is 256 g/mol. The van der Waals surface area contributed by atoms with E-state index in [0.29, 0.717) is 12.2 Å². The van der Waals surface area contributed by atoms with Gasteiger partial charge in [0.2, 0.25) is 0 Å². The molecule has 1 unspecified atom stereocenters. The molecule has 0 spiro atoms. The molecule has 2 rings (SSSR count). The molecule has 0 fully saturated rings. The molecule has 0 saturated heterocycles. The maximum absolute atomic E-state index is 10.2. The van der Waals surface area contributed by atoms with Gasteiger partial charge in [-0.25, -0.2) is 0 Å². The standard InChI is InChI=1S/C16H20N2O/c1-18(11-13-5-3-2-4-6-13)12-16(19)14-7-9-15(17)10-8-14/h2-10,16,19H,11-12,17H2,1H3. The maximum Gasteiger partial charge on any atom is 0.0916 e. The van der Waals surface area contributed by atoms with E-state index in [1.54, 1.807) is 0 Å². The lowest BCUT2D eigenvalue weighted by Crippen LogP contribution is -2.24. The van der Waals surface area contributed by atoms with Crippen LogP contribution in [-0.4, -0.2) is 23.6 Å². The third kappa shape index (κ3) is 4.09. The zero-order chi connectivity index (χ0) is 13.7. The molecule has 0 aromatic heterocycles. The number of aliphatic hydroxyl groups is 1. The van der Waals surface area contributed by atoms with Crippen LogP contribution in [0.5, 0.6) is 0 Å². The summed E-state index contributed by atoms with van der Waals surface area (Å²) in [5.41, 5.74) is 8.50. The van der Waals surface area contributed by atoms with Gasteiger partial charge in [0, 0.05) is 18.8 Å². The van der Waals surface area contributed by atoms with Crippen molar-refractivity contribution in [1.82, 2.24) is 4.90 Å². The molecular weight excluding hydrogens is 236 g/mol. The molecule has 0 aliphatic carbocycles. The van der Waals surface area contributed by atoms with Crippen LogP contribution in [0.2, 0.25) is 0 Å². The van der Waals surface area contributed by atoms with E-state index in [2.05, 4.69) is 17.0 Å². The second-order valence-electron chi connectivity index (χ2n) is 4.86. The summed E-state index contributed by atoms with van der Waals surface area (Å²) in [7, 11) is 2.01. The zero-order valence-corrected chi connectivity index (χ0v) is 11.2. The predicted molar refractivity (Wildman–Crippen MR) is 78.6 cm³/mol. The van der Waals surface area contributed by atoms with Crippen LogP contribution in [0.3, 0.4) is 0 Å². The number of nitrogens with two attached hydrogens (primary N) is 1. The summed E-state index contributed by atoms with van der Waals surface area (Å²) in [4.78, 5) is 2.11. The molecular formula is C16H20N2O. The third-order valence-corrected chi connectivity index (χ3v) is 3.10. The first kappa shape index (κ1) is 13.6. The van der Waals surface area contributed by atoms with Crippen molar-refractivity contribution in [3.63, 3.8) is 0 Å². The fraction of sp³-hybridized carbons (Fsp3) is 0.250. The minimum atomic E-state index is -0.491. The molecule has 0 radical (unpaired) electrons. The molecule has 0 aliphatic rings. The molecule has 19 heavy (non-hydrogen) atoms. The van der Waals surface area contributed by atoms with E-state index in [4.69, 9.17) is 5.73 Å². The van der Waals surface area contributed by atoms with E-state index < -0.39 is 6.10 Å². The van der Waals surface area contributed by atoms with E-state index in [-0.39, 0.29) is 0 Å². The molecule has 3 N–H and O–H groups in total. The normalized spacial score (nSPS) is 12.6. The number of hydrogen-bond acceptors (Lipinski definition) is 3. The number of hydrogen-bond donors (Lipinski definition) is 2. The Morgan fingerprint density at radius 1 is 1.05 bits per heavy atom. The smallest absolute Gasteiger partial charge is 0.0916 e. The Morgan fingerprint density at radius 2 is 1.68 bits per heavy atom. The fourth-order valence-electron chi connectivity index (χ4n) is 2.08. The van der Waals surface area contributed by atoms with Crippen molar-refractivity contribution < 1.29 is 5.11 Å². The molecule has 100 valence electrons. The van der Waals surface area contributed by atoms with E-state index in [9.17, 15) is 5.11 Å². The lowest BCUT2D eigenvalue weighted by atomic mass is 10.1. The van der Waals surface area contributed by atoms with Crippen molar-refractivity contribution in [3.8, 4) is 0 Å². The van der Waals surface area contributed by atoms with E-state index in [0.717, 1.165) is 12.1 Å². The van der Waals surface area contributed by atoms with Crippen molar-refractivity contribution >= 4 is 5.69 Å². The molecule has 0 heterocycles. The quantitative estimate of drug-likeness (QED) is 0.808. The Balaban J connectivity index is 1.91. The summed E-state index contributed by atoms with van der Waals surface area (Å²) in [6.45, 7) is 1.42. The van der Waals surface area contributed by atoms with Crippen molar-refractivity contribution in [2.75, 3.05) is 19.3 Å². The molecule has 3 heteroatoms. The molecule has 0 amide bonds. The minimum absolute atomic E-state index is 0.491. The molecule has 1 atom stereocenters. The van der Waals surface area contributed by atoms with Gasteiger partial charge in [-0.3, -0.25) is 4.90 Å². The van der Waals surface area contributed by atoms with Crippen LogP contribution in [0.15, 0.2) is 54.6 Å². The molecule has 2 aromatic carbocycles. The highest BCUT2D eigenvalue weighted by Gasteiger charge is 2.10. The van der Waals surface area contributed by atoms with Gasteiger partial charge >= 0.3 is 0 Å². The Labute approximate surface area is 114 Å². The lowest BCUT2D eigenvalue weighted by molar-refractivity contribution is 0.124. The van der Waals surface area contributed by atoms with Gasteiger partial charge in [-0.05, 0) is 30.3 Å². The number of rotatable bonds is 5. The van der Waals surface area contributed by atoms with Gasteiger partial charge in [0.25, 0.3) is 0 Å².